The van der Waals surface area contributed by atoms with Gasteiger partial charge in [-0.1, -0.05) is 0 Å². The zero-order valence-corrected chi connectivity index (χ0v) is 21.3. The van der Waals surface area contributed by atoms with Gasteiger partial charge in [0.1, 0.15) is 41.5 Å². The molecule has 0 bridgehead atoms. The summed E-state index contributed by atoms with van der Waals surface area (Å²) < 4.78 is 50.5. The predicted octanol–water partition coefficient (Wildman–Crippen LogP) is 3.75. The number of benzene rings is 2. The first-order valence-corrected chi connectivity index (χ1v) is 12.6. The molecule has 1 aliphatic heterocycles. The summed E-state index contributed by atoms with van der Waals surface area (Å²) in [4.78, 5) is 22.6. The van der Waals surface area contributed by atoms with E-state index in [-0.39, 0.29) is 30.1 Å². The molecule has 1 saturated heterocycles. The molecule has 3 N–H and O–H groups in total. The molecule has 0 amide bonds. The van der Waals surface area contributed by atoms with Gasteiger partial charge >= 0.3 is 8.60 Å². The number of nitrogen functional groups attached to an aromatic ring is 1. The van der Waals surface area contributed by atoms with Gasteiger partial charge in [-0.3, -0.25) is 18.9 Å². The van der Waals surface area contributed by atoms with Crippen LogP contribution in [0.15, 0.2) is 59.7 Å². The molecule has 1 aliphatic rings. The highest BCUT2D eigenvalue weighted by molar-refractivity contribution is 7.42. The van der Waals surface area contributed by atoms with Gasteiger partial charge in [-0.2, -0.15) is 4.98 Å². The van der Waals surface area contributed by atoms with Crippen molar-refractivity contribution < 1.29 is 32.2 Å². The van der Waals surface area contributed by atoms with Crippen molar-refractivity contribution in [2.24, 2.45) is 0 Å². The minimum absolute atomic E-state index is 0.00443. The van der Waals surface area contributed by atoms with E-state index in [1.807, 2.05) is 0 Å². The number of nitrogens with one attached hydrogen (secondary N) is 1. The fourth-order valence-electron chi connectivity index (χ4n) is 3.81. The Morgan fingerprint density at radius 2 is 1.63 bits per heavy atom. The highest BCUT2D eigenvalue weighted by Gasteiger charge is 2.38. The summed E-state index contributed by atoms with van der Waals surface area (Å²) in [6.07, 6.45) is -1.67. The molecule has 12 nitrogen and oxygen atoms in total. The molecule has 200 valence electrons. The van der Waals surface area contributed by atoms with E-state index in [0.717, 1.165) is 0 Å². The van der Waals surface area contributed by atoms with Gasteiger partial charge in [0.15, 0.2) is 11.2 Å². The third-order valence-electron chi connectivity index (χ3n) is 5.75. The molecule has 0 spiro atoms. The van der Waals surface area contributed by atoms with Crippen molar-refractivity contribution in [2.75, 3.05) is 26.6 Å². The van der Waals surface area contributed by atoms with Crippen LogP contribution in [0.1, 0.15) is 12.6 Å². The minimum atomic E-state index is -1.99. The molecular weight excluding hydrogens is 520 g/mol. The van der Waals surface area contributed by atoms with Crippen molar-refractivity contribution in [3.63, 3.8) is 0 Å². The molecule has 14 heteroatoms. The minimum Gasteiger partial charge on any atom is -0.497 e. The molecule has 2 aromatic heterocycles. The lowest BCUT2D eigenvalue weighted by atomic mass is 10.2. The van der Waals surface area contributed by atoms with Crippen LogP contribution in [0, 0.1) is 0 Å². The molecule has 3 unspecified atom stereocenters. The Kier molecular flexibility index (Phi) is 7.59. The number of imidazole rings is 1. The van der Waals surface area contributed by atoms with Crippen LogP contribution in [-0.2, 0) is 9.26 Å². The number of nitrogens with two attached hydrogens (primary N) is 1. The number of nitrogens with zero attached hydrogens (tertiary/aromatic N) is 3. The number of hydrogen-bond acceptors (Lipinski definition) is 10. The molecule has 38 heavy (non-hydrogen) atoms. The summed E-state index contributed by atoms with van der Waals surface area (Å²) in [6, 6.07) is 13.8. The monoisotopic (exact) mass is 545 g/mol. The third kappa shape index (κ3) is 5.64. The van der Waals surface area contributed by atoms with Crippen LogP contribution in [0.4, 0.5) is 10.3 Å². The highest BCUT2D eigenvalue weighted by Crippen LogP contribution is 2.43. The number of anilines is 1. The van der Waals surface area contributed by atoms with Crippen LogP contribution in [-0.4, -0.2) is 52.6 Å². The van der Waals surface area contributed by atoms with Gasteiger partial charge in [-0.25, -0.2) is 9.37 Å². The molecule has 5 rings (SSSR count). The lowest BCUT2D eigenvalue weighted by Crippen LogP contribution is -2.23. The summed E-state index contributed by atoms with van der Waals surface area (Å²) in [5, 5.41) is 0. The number of ether oxygens (including phenoxy) is 3. The number of methoxy groups -OCH3 is 2. The fraction of sp³-hybridized carbons (Fsp3) is 0.292. The number of fused-ring (bicyclic) bond motifs is 1. The second-order valence-electron chi connectivity index (χ2n) is 8.21. The molecule has 1 fully saturated rings. The van der Waals surface area contributed by atoms with Crippen molar-refractivity contribution in [3.8, 4) is 23.0 Å². The third-order valence-corrected chi connectivity index (χ3v) is 6.83. The lowest BCUT2D eigenvalue weighted by molar-refractivity contribution is -0.0283. The van der Waals surface area contributed by atoms with Crippen LogP contribution in [0.25, 0.3) is 11.2 Å². The number of hydrogen-bond donors (Lipinski definition) is 2. The maximum atomic E-state index is 15.0. The quantitative estimate of drug-likeness (QED) is 0.283. The Labute approximate surface area is 217 Å². The van der Waals surface area contributed by atoms with E-state index in [0.29, 0.717) is 23.0 Å². The summed E-state index contributed by atoms with van der Waals surface area (Å²) in [7, 11) is 1.14. The molecule has 0 radical (unpaired) electrons. The topological polar surface area (TPSA) is 145 Å². The van der Waals surface area contributed by atoms with E-state index in [4.69, 9.17) is 33.5 Å². The van der Waals surface area contributed by atoms with E-state index < -0.39 is 32.7 Å². The summed E-state index contributed by atoms with van der Waals surface area (Å²) in [5.74, 6) is 2.21. The molecule has 0 saturated carbocycles. The Balaban J connectivity index is 1.29. The molecular formula is C24H25FN5O7P. The number of H-pyrrole nitrogens is 1. The lowest BCUT2D eigenvalue weighted by Gasteiger charge is -2.20. The average Bonchev–Trinajstić information content (AvgIpc) is 3.51. The van der Waals surface area contributed by atoms with Gasteiger partial charge in [-0.05, 0) is 48.5 Å². The van der Waals surface area contributed by atoms with E-state index >= 15 is 4.39 Å². The van der Waals surface area contributed by atoms with Crippen molar-refractivity contribution in [1.82, 2.24) is 19.5 Å². The number of rotatable bonds is 10. The van der Waals surface area contributed by atoms with Gasteiger partial charge < -0.3 is 29.0 Å². The summed E-state index contributed by atoms with van der Waals surface area (Å²) in [5.41, 5.74) is 5.47. The van der Waals surface area contributed by atoms with Gasteiger partial charge in [0, 0.05) is 6.42 Å². The van der Waals surface area contributed by atoms with E-state index in [1.54, 1.807) is 62.8 Å². The zero-order valence-electron chi connectivity index (χ0n) is 20.4. The standard InChI is InChI=1S/C24H25FN5O7P/c1-32-14-3-7-16(8-4-14)36-38(37-17-9-5-15(33-2)6-10-17)34-12-19-18(25)11-20(35-19)30-13-27-21-22(30)28-24(26)29-23(21)31/h3-10,13,18-20H,11-12H2,1-2H3,(H3,26,28,29,31). The van der Waals surface area contributed by atoms with Crippen LogP contribution in [0.5, 0.6) is 23.0 Å². The van der Waals surface area contributed by atoms with Crippen LogP contribution < -0.4 is 29.8 Å². The predicted molar refractivity (Wildman–Crippen MR) is 136 cm³/mol. The normalized spacial score (nSPS) is 19.1. The maximum Gasteiger partial charge on any atom is 0.463 e. The highest BCUT2D eigenvalue weighted by atomic mass is 31.2. The van der Waals surface area contributed by atoms with Crippen molar-refractivity contribution >= 4 is 25.7 Å². The molecule has 0 aliphatic carbocycles. The van der Waals surface area contributed by atoms with Crippen LogP contribution >= 0.6 is 8.60 Å². The summed E-state index contributed by atoms with van der Waals surface area (Å²) in [6.45, 7) is -0.154. The first-order valence-electron chi connectivity index (χ1n) is 11.5. The first-order chi connectivity index (χ1) is 18.4. The molecule has 4 aromatic rings. The number of aromatic amines is 1. The van der Waals surface area contributed by atoms with Crippen molar-refractivity contribution in [2.45, 2.75) is 24.9 Å². The van der Waals surface area contributed by atoms with E-state index in [2.05, 4.69) is 15.0 Å². The number of aromatic nitrogens is 4. The first kappa shape index (κ1) is 25.7. The van der Waals surface area contributed by atoms with Gasteiger partial charge in [0.25, 0.3) is 5.56 Å². The maximum absolute atomic E-state index is 15.0. The van der Waals surface area contributed by atoms with Gasteiger partial charge in [0.2, 0.25) is 5.95 Å². The molecule has 3 heterocycles. The van der Waals surface area contributed by atoms with Crippen molar-refractivity contribution in [3.05, 3.63) is 65.2 Å². The average molecular weight is 545 g/mol. The van der Waals surface area contributed by atoms with Crippen molar-refractivity contribution in [1.29, 1.82) is 0 Å². The zero-order chi connectivity index (χ0) is 26.6. The fourth-order valence-corrected chi connectivity index (χ4v) is 4.81. The Hall–Kier alpha value is -3.93. The van der Waals surface area contributed by atoms with E-state index in [1.165, 1.54) is 10.9 Å². The van der Waals surface area contributed by atoms with Gasteiger partial charge in [-0.15, -0.1) is 0 Å². The molecule has 2 aromatic carbocycles. The number of alkyl halides is 1. The number of halogens is 1. The molecule has 3 atom stereocenters. The Morgan fingerprint density at radius 3 is 2.21 bits per heavy atom. The SMILES string of the molecule is COc1ccc(OP(OCC2OC(n3cnc4c(=O)[nH]c(N)nc43)CC2F)Oc2ccc(OC)cc2)cc1. The smallest absolute Gasteiger partial charge is 0.463 e. The second kappa shape index (κ2) is 11.2. The van der Waals surface area contributed by atoms with Gasteiger partial charge in [0.05, 0.1) is 27.2 Å². The largest absolute Gasteiger partial charge is 0.497 e. The van der Waals surface area contributed by atoms with Crippen LogP contribution in [0.2, 0.25) is 0 Å². The van der Waals surface area contributed by atoms with Crippen LogP contribution in [0.3, 0.4) is 0 Å². The summed E-state index contributed by atoms with van der Waals surface area (Å²) >= 11 is 0. The Bertz CT molecular complexity index is 1380. The van der Waals surface area contributed by atoms with E-state index in [9.17, 15) is 4.79 Å². The second-order valence-corrected chi connectivity index (χ2v) is 9.28. The Morgan fingerprint density at radius 1 is 1.05 bits per heavy atom.